The standard InChI is InChI=1S/C14H19N3O4/c1-16-12(9-4-2-3-5-10(9)15-16)13(18)17-6-7-21-11(8-17)14(19)20/h11H,2-8H2,1H3,(H,19,20)/t11-/m0/s1. The van der Waals surface area contributed by atoms with Gasteiger partial charge in [0, 0.05) is 19.2 Å². The number of nitrogens with zero attached hydrogens (tertiary/aromatic N) is 3. The molecule has 114 valence electrons. The minimum atomic E-state index is -1.03. The Morgan fingerprint density at radius 3 is 2.86 bits per heavy atom. The van der Waals surface area contributed by atoms with Crippen LogP contribution >= 0.6 is 0 Å². The monoisotopic (exact) mass is 293 g/mol. The van der Waals surface area contributed by atoms with E-state index in [0.717, 1.165) is 36.9 Å². The fourth-order valence-electron chi connectivity index (χ4n) is 3.08. The minimum Gasteiger partial charge on any atom is -0.479 e. The summed E-state index contributed by atoms with van der Waals surface area (Å²) in [4.78, 5) is 25.3. The fourth-order valence-corrected chi connectivity index (χ4v) is 3.08. The second-order valence-electron chi connectivity index (χ2n) is 5.55. The summed E-state index contributed by atoms with van der Waals surface area (Å²) >= 11 is 0. The van der Waals surface area contributed by atoms with E-state index in [1.165, 1.54) is 0 Å². The van der Waals surface area contributed by atoms with Crippen molar-refractivity contribution in [2.75, 3.05) is 19.7 Å². The highest BCUT2D eigenvalue weighted by Crippen LogP contribution is 2.25. The van der Waals surface area contributed by atoms with Crippen molar-refractivity contribution >= 4 is 11.9 Å². The Hall–Kier alpha value is -1.89. The number of hydrogen-bond acceptors (Lipinski definition) is 4. The first kappa shape index (κ1) is 14.1. The van der Waals surface area contributed by atoms with Crippen LogP contribution in [0, 0.1) is 0 Å². The van der Waals surface area contributed by atoms with Crippen molar-refractivity contribution in [1.82, 2.24) is 14.7 Å². The van der Waals surface area contributed by atoms with Crippen molar-refractivity contribution in [1.29, 1.82) is 0 Å². The van der Waals surface area contributed by atoms with Gasteiger partial charge in [-0.05, 0) is 25.7 Å². The second kappa shape index (κ2) is 5.48. The smallest absolute Gasteiger partial charge is 0.334 e. The molecule has 1 aliphatic heterocycles. The largest absolute Gasteiger partial charge is 0.479 e. The highest BCUT2D eigenvalue weighted by molar-refractivity contribution is 5.94. The molecule has 21 heavy (non-hydrogen) atoms. The summed E-state index contributed by atoms with van der Waals surface area (Å²) in [5.41, 5.74) is 2.65. The van der Waals surface area contributed by atoms with Gasteiger partial charge in [0.15, 0.2) is 6.10 Å². The van der Waals surface area contributed by atoms with Gasteiger partial charge in [-0.2, -0.15) is 5.10 Å². The van der Waals surface area contributed by atoms with Gasteiger partial charge in [0.1, 0.15) is 5.69 Å². The van der Waals surface area contributed by atoms with Crippen LogP contribution in [0.2, 0.25) is 0 Å². The third-order valence-corrected chi connectivity index (χ3v) is 4.15. The lowest BCUT2D eigenvalue weighted by atomic mass is 9.95. The van der Waals surface area contributed by atoms with Crippen molar-refractivity contribution in [3.63, 3.8) is 0 Å². The summed E-state index contributed by atoms with van der Waals surface area (Å²) in [6.45, 7) is 0.763. The average molecular weight is 293 g/mol. The van der Waals surface area contributed by atoms with Crippen molar-refractivity contribution in [3.05, 3.63) is 17.0 Å². The van der Waals surface area contributed by atoms with Gasteiger partial charge < -0.3 is 14.7 Å². The number of aromatic nitrogens is 2. The van der Waals surface area contributed by atoms with Crippen LogP contribution in [0.1, 0.15) is 34.6 Å². The molecular formula is C14H19N3O4. The van der Waals surface area contributed by atoms with E-state index in [2.05, 4.69) is 5.10 Å². The van der Waals surface area contributed by atoms with Crippen LogP contribution in [0.3, 0.4) is 0 Å². The van der Waals surface area contributed by atoms with E-state index in [0.29, 0.717) is 12.2 Å². The van der Waals surface area contributed by atoms with Crippen molar-refractivity contribution in [2.45, 2.75) is 31.8 Å². The van der Waals surface area contributed by atoms with Gasteiger partial charge in [-0.25, -0.2) is 4.79 Å². The van der Waals surface area contributed by atoms with Gasteiger partial charge in [-0.1, -0.05) is 0 Å². The maximum absolute atomic E-state index is 12.7. The number of amides is 1. The van der Waals surface area contributed by atoms with Crippen molar-refractivity contribution in [3.8, 4) is 0 Å². The molecule has 0 radical (unpaired) electrons. The fraction of sp³-hybridized carbons (Fsp3) is 0.643. The number of fused-ring (bicyclic) bond motifs is 1. The zero-order valence-corrected chi connectivity index (χ0v) is 12.0. The van der Waals surface area contributed by atoms with Gasteiger partial charge >= 0.3 is 5.97 Å². The molecule has 1 atom stereocenters. The molecule has 1 aromatic rings. The van der Waals surface area contributed by atoms with E-state index < -0.39 is 12.1 Å². The third kappa shape index (κ3) is 2.53. The number of rotatable bonds is 2. The molecule has 2 heterocycles. The van der Waals surface area contributed by atoms with Crippen LogP contribution < -0.4 is 0 Å². The van der Waals surface area contributed by atoms with Gasteiger partial charge in [-0.3, -0.25) is 9.48 Å². The molecule has 0 aromatic carbocycles. The number of carboxylic acids is 1. The molecule has 3 rings (SSSR count). The molecule has 1 N–H and O–H groups in total. The number of carbonyl (C=O) groups excluding carboxylic acids is 1. The Morgan fingerprint density at radius 2 is 2.10 bits per heavy atom. The summed E-state index contributed by atoms with van der Waals surface area (Å²) in [5, 5.41) is 13.5. The number of hydrogen-bond donors (Lipinski definition) is 1. The van der Waals surface area contributed by atoms with E-state index in [9.17, 15) is 9.59 Å². The van der Waals surface area contributed by atoms with Gasteiger partial charge in [-0.15, -0.1) is 0 Å². The maximum atomic E-state index is 12.7. The van der Waals surface area contributed by atoms with Gasteiger partial charge in [0.05, 0.1) is 18.8 Å². The lowest BCUT2D eigenvalue weighted by Gasteiger charge is -2.31. The van der Waals surface area contributed by atoms with Crippen LogP contribution in [-0.4, -0.2) is 57.5 Å². The topological polar surface area (TPSA) is 84.7 Å². The van der Waals surface area contributed by atoms with E-state index in [1.54, 1.807) is 16.6 Å². The molecule has 0 unspecified atom stereocenters. The summed E-state index contributed by atoms with van der Waals surface area (Å²) in [6.07, 6.45) is 3.02. The number of aryl methyl sites for hydroxylation is 2. The number of ether oxygens (including phenoxy) is 1. The number of aliphatic carboxylic acids is 1. The Labute approximate surface area is 122 Å². The Bertz CT molecular complexity index is 581. The number of carbonyl (C=O) groups is 2. The molecular weight excluding hydrogens is 274 g/mol. The van der Waals surface area contributed by atoms with E-state index in [-0.39, 0.29) is 19.1 Å². The molecule has 1 amide bonds. The summed E-state index contributed by atoms with van der Waals surface area (Å²) in [7, 11) is 1.78. The summed E-state index contributed by atoms with van der Waals surface area (Å²) in [6, 6.07) is 0. The first-order valence-corrected chi connectivity index (χ1v) is 7.26. The highest BCUT2D eigenvalue weighted by Gasteiger charge is 2.33. The second-order valence-corrected chi connectivity index (χ2v) is 5.55. The van der Waals surface area contributed by atoms with Crippen molar-refractivity contribution in [2.24, 2.45) is 7.05 Å². The molecule has 0 bridgehead atoms. The summed E-state index contributed by atoms with van der Waals surface area (Å²) < 4.78 is 6.81. The number of morpholine rings is 1. The third-order valence-electron chi connectivity index (χ3n) is 4.15. The Kier molecular flexibility index (Phi) is 3.67. The minimum absolute atomic E-state index is 0.0914. The predicted octanol–water partition coefficient (Wildman–Crippen LogP) is 0.224. The van der Waals surface area contributed by atoms with Gasteiger partial charge in [0.2, 0.25) is 0 Å². The SMILES string of the molecule is Cn1nc2c(c1C(=O)N1CCO[C@H](C(=O)O)C1)CCCC2. The lowest BCUT2D eigenvalue weighted by molar-refractivity contribution is -0.154. The van der Waals surface area contributed by atoms with Crippen LogP contribution in [0.4, 0.5) is 0 Å². The maximum Gasteiger partial charge on any atom is 0.334 e. The van der Waals surface area contributed by atoms with Gasteiger partial charge in [0.25, 0.3) is 5.91 Å². The van der Waals surface area contributed by atoms with E-state index >= 15 is 0 Å². The van der Waals surface area contributed by atoms with Crippen molar-refractivity contribution < 1.29 is 19.4 Å². The molecule has 1 aliphatic carbocycles. The molecule has 1 aromatic heterocycles. The predicted molar refractivity (Wildman–Crippen MR) is 73.1 cm³/mol. The molecule has 7 heteroatoms. The summed E-state index contributed by atoms with van der Waals surface area (Å²) in [5.74, 6) is -1.16. The van der Waals surface area contributed by atoms with Crippen LogP contribution in [-0.2, 0) is 29.4 Å². The normalized spacial score (nSPS) is 22.0. The Balaban J connectivity index is 1.85. The molecule has 0 saturated carbocycles. The molecule has 2 aliphatic rings. The molecule has 7 nitrogen and oxygen atoms in total. The average Bonchev–Trinajstić information content (AvgIpc) is 2.82. The van der Waals surface area contributed by atoms with E-state index in [4.69, 9.17) is 9.84 Å². The first-order chi connectivity index (χ1) is 10.1. The van der Waals surface area contributed by atoms with Crippen LogP contribution in [0.25, 0.3) is 0 Å². The lowest BCUT2D eigenvalue weighted by Crippen LogP contribution is -2.49. The number of carboxylic acid groups (broad SMARTS) is 1. The Morgan fingerprint density at radius 1 is 1.33 bits per heavy atom. The molecule has 1 saturated heterocycles. The highest BCUT2D eigenvalue weighted by atomic mass is 16.5. The van der Waals surface area contributed by atoms with Crippen LogP contribution in [0.15, 0.2) is 0 Å². The first-order valence-electron chi connectivity index (χ1n) is 7.26. The molecule has 0 spiro atoms. The zero-order chi connectivity index (χ0) is 15.0. The van der Waals surface area contributed by atoms with Crippen LogP contribution in [0.5, 0.6) is 0 Å². The quantitative estimate of drug-likeness (QED) is 0.843. The van der Waals surface area contributed by atoms with E-state index in [1.807, 2.05) is 0 Å². The molecule has 1 fully saturated rings. The zero-order valence-electron chi connectivity index (χ0n) is 12.0.